The Morgan fingerprint density at radius 2 is 2.13 bits per heavy atom. The van der Waals surface area contributed by atoms with Gasteiger partial charge in [-0.25, -0.2) is 8.42 Å². The Kier molecular flexibility index (Phi) is 6.25. The Bertz CT molecular complexity index is 659. The largest absolute Gasteiger partial charge is 0.308 e. The number of Topliss-reactive ketones (excluding diaryl/α,β-unsaturated/α-hetero) is 1. The summed E-state index contributed by atoms with van der Waals surface area (Å²) in [6.07, 6.45) is 0.847. The minimum Gasteiger partial charge on any atom is -0.308 e. The van der Waals surface area contributed by atoms with Crippen LogP contribution in [-0.2, 0) is 10.0 Å². The molecular weight excluding hydrogens is 332 g/mol. The molecule has 1 atom stereocenters. The highest BCUT2D eigenvalue weighted by atomic mass is 32.2. The lowest BCUT2D eigenvalue weighted by Crippen LogP contribution is -2.46. The van der Waals surface area contributed by atoms with E-state index in [0.29, 0.717) is 18.7 Å². The zero-order valence-corrected chi connectivity index (χ0v) is 15.5. The fourth-order valence-electron chi connectivity index (χ4n) is 2.70. The normalized spacial score (nSPS) is 20.4. The number of carbonyl (C=O) groups is 1. The van der Waals surface area contributed by atoms with Gasteiger partial charge in [-0.15, -0.1) is 0 Å². The van der Waals surface area contributed by atoms with E-state index in [1.54, 1.807) is 34.3 Å². The minimum absolute atomic E-state index is 0.0523. The van der Waals surface area contributed by atoms with Crippen LogP contribution >= 0.6 is 11.8 Å². The molecule has 1 unspecified atom stereocenters. The predicted octanol–water partition coefficient (Wildman–Crippen LogP) is 1.95. The van der Waals surface area contributed by atoms with Gasteiger partial charge < -0.3 is 4.90 Å². The quantitative estimate of drug-likeness (QED) is 0.755. The van der Waals surface area contributed by atoms with Gasteiger partial charge in [-0.05, 0) is 45.3 Å². The van der Waals surface area contributed by atoms with Gasteiger partial charge in [0.15, 0.2) is 5.78 Å². The molecule has 0 bridgehead atoms. The van der Waals surface area contributed by atoms with E-state index < -0.39 is 10.0 Å². The molecule has 1 aromatic rings. The Balaban J connectivity index is 2.38. The molecule has 1 saturated heterocycles. The summed E-state index contributed by atoms with van der Waals surface area (Å²) in [7, 11) is 0.315. The van der Waals surface area contributed by atoms with Crippen LogP contribution in [0.1, 0.15) is 23.7 Å². The SMILES string of the molecule is CC(=O)c1cccc(S(=O)(=O)N2CCCSCC2CN(C)C)c1. The van der Waals surface area contributed by atoms with Crippen LogP contribution in [0, 0.1) is 0 Å². The number of benzene rings is 1. The van der Waals surface area contributed by atoms with Crippen molar-refractivity contribution in [1.82, 2.24) is 9.21 Å². The smallest absolute Gasteiger partial charge is 0.243 e. The second-order valence-corrected chi connectivity index (χ2v) is 9.08. The Morgan fingerprint density at radius 3 is 2.78 bits per heavy atom. The highest BCUT2D eigenvalue weighted by Gasteiger charge is 2.33. The number of hydrogen-bond donors (Lipinski definition) is 0. The van der Waals surface area contributed by atoms with Gasteiger partial charge in [0.2, 0.25) is 10.0 Å². The van der Waals surface area contributed by atoms with Gasteiger partial charge in [0.25, 0.3) is 0 Å². The monoisotopic (exact) mass is 356 g/mol. The molecule has 1 aromatic carbocycles. The molecule has 23 heavy (non-hydrogen) atoms. The molecule has 1 heterocycles. The van der Waals surface area contributed by atoms with Crippen molar-refractivity contribution in [2.45, 2.75) is 24.3 Å². The molecule has 1 fully saturated rings. The van der Waals surface area contributed by atoms with E-state index in [0.717, 1.165) is 17.9 Å². The summed E-state index contributed by atoms with van der Waals surface area (Å²) in [5, 5.41) is 0. The van der Waals surface area contributed by atoms with E-state index in [9.17, 15) is 13.2 Å². The summed E-state index contributed by atoms with van der Waals surface area (Å²) >= 11 is 1.80. The van der Waals surface area contributed by atoms with Gasteiger partial charge in [-0.2, -0.15) is 16.1 Å². The van der Waals surface area contributed by atoms with Crippen LogP contribution in [0.4, 0.5) is 0 Å². The number of thioether (sulfide) groups is 1. The van der Waals surface area contributed by atoms with Crippen molar-refractivity contribution in [1.29, 1.82) is 0 Å². The van der Waals surface area contributed by atoms with Crippen LogP contribution in [0.15, 0.2) is 29.2 Å². The summed E-state index contributed by atoms with van der Waals surface area (Å²) in [4.78, 5) is 13.8. The molecule has 5 nitrogen and oxygen atoms in total. The van der Waals surface area contributed by atoms with Crippen LogP contribution in [-0.4, -0.2) is 68.1 Å². The van der Waals surface area contributed by atoms with E-state index in [-0.39, 0.29) is 16.7 Å². The minimum atomic E-state index is -3.60. The van der Waals surface area contributed by atoms with Crippen molar-refractivity contribution >= 4 is 27.6 Å². The molecule has 7 heteroatoms. The van der Waals surface area contributed by atoms with Crippen molar-refractivity contribution in [2.75, 3.05) is 38.7 Å². The lowest BCUT2D eigenvalue weighted by molar-refractivity contribution is 0.101. The molecule has 2 rings (SSSR count). The van der Waals surface area contributed by atoms with Crippen LogP contribution in [0.2, 0.25) is 0 Å². The van der Waals surface area contributed by atoms with Gasteiger partial charge in [0, 0.05) is 30.4 Å². The predicted molar refractivity (Wildman–Crippen MR) is 94.6 cm³/mol. The second kappa shape index (κ2) is 7.79. The van der Waals surface area contributed by atoms with Crippen LogP contribution in [0.3, 0.4) is 0 Å². The number of nitrogens with zero attached hydrogens (tertiary/aromatic N) is 2. The molecule has 0 radical (unpaired) electrons. The fraction of sp³-hybridized carbons (Fsp3) is 0.562. The third-order valence-corrected chi connectivity index (χ3v) is 6.95. The van der Waals surface area contributed by atoms with Gasteiger partial charge in [0.1, 0.15) is 0 Å². The highest BCUT2D eigenvalue weighted by molar-refractivity contribution is 7.99. The van der Waals surface area contributed by atoms with Gasteiger partial charge in [-0.1, -0.05) is 12.1 Å². The molecule has 1 aliphatic heterocycles. The first-order valence-electron chi connectivity index (χ1n) is 7.67. The Labute approximate surface area is 143 Å². The Morgan fingerprint density at radius 1 is 1.39 bits per heavy atom. The summed E-state index contributed by atoms with van der Waals surface area (Å²) in [6.45, 7) is 2.67. The molecule has 0 amide bonds. The maximum absolute atomic E-state index is 13.1. The first-order valence-corrected chi connectivity index (χ1v) is 10.3. The number of sulfonamides is 1. The lowest BCUT2D eigenvalue weighted by Gasteiger charge is -2.30. The fourth-order valence-corrected chi connectivity index (χ4v) is 5.55. The number of likely N-dealkylation sites (N-methyl/N-ethyl adjacent to an activating group) is 1. The van der Waals surface area contributed by atoms with Crippen LogP contribution < -0.4 is 0 Å². The Hall–Kier alpha value is -0.890. The molecule has 0 spiro atoms. The summed E-state index contributed by atoms with van der Waals surface area (Å²) in [5.41, 5.74) is 0.430. The van der Waals surface area contributed by atoms with Crippen molar-refractivity contribution in [3.8, 4) is 0 Å². The summed E-state index contributed by atoms with van der Waals surface area (Å²) in [5.74, 6) is 1.64. The average Bonchev–Trinajstić information content (AvgIpc) is 2.72. The van der Waals surface area contributed by atoms with Gasteiger partial charge >= 0.3 is 0 Å². The van der Waals surface area contributed by atoms with E-state index in [1.165, 1.54) is 13.0 Å². The van der Waals surface area contributed by atoms with Crippen LogP contribution in [0.5, 0.6) is 0 Å². The lowest BCUT2D eigenvalue weighted by atomic mass is 10.2. The molecule has 128 valence electrons. The number of hydrogen-bond acceptors (Lipinski definition) is 5. The van der Waals surface area contributed by atoms with Crippen molar-refractivity contribution in [3.63, 3.8) is 0 Å². The molecule has 0 aromatic heterocycles. The third kappa shape index (κ3) is 4.56. The van der Waals surface area contributed by atoms with Crippen molar-refractivity contribution in [3.05, 3.63) is 29.8 Å². The topological polar surface area (TPSA) is 57.7 Å². The van der Waals surface area contributed by atoms with E-state index in [4.69, 9.17) is 0 Å². The maximum Gasteiger partial charge on any atom is 0.243 e. The average molecular weight is 357 g/mol. The zero-order valence-electron chi connectivity index (χ0n) is 13.9. The summed E-state index contributed by atoms with van der Waals surface area (Å²) in [6, 6.07) is 6.30. The molecule has 0 aliphatic carbocycles. The van der Waals surface area contributed by atoms with Crippen molar-refractivity contribution < 1.29 is 13.2 Å². The molecule has 1 aliphatic rings. The summed E-state index contributed by atoms with van der Waals surface area (Å²) < 4.78 is 27.8. The zero-order chi connectivity index (χ0) is 17.0. The maximum atomic E-state index is 13.1. The molecular formula is C16H24N2O3S2. The second-order valence-electron chi connectivity index (χ2n) is 6.04. The van der Waals surface area contributed by atoms with Crippen LogP contribution in [0.25, 0.3) is 0 Å². The standard InChI is InChI=1S/C16H24N2O3S2/c1-13(19)14-6-4-7-16(10-14)23(20,21)18-8-5-9-22-12-15(18)11-17(2)3/h4,6-7,10,15H,5,8-9,11-12H2,1-3H3. The number of carbonyl (C=O) groups excluding carboxylic acids is 1. The van der Waals surface area contributed by atoms with Gasteiger partial charge in [-0.3, -0.25) is 4.79 Å². The highest BCUT2D eigenvalue weighted by Crippen LogP contribution is 2.25. The van der Waals surface area contributed by atoms with E-state index in [2.05, 4.69) is 0 Å². The van der Waals surface area contributed by atoms with E-state index in [1.807, 2.05) is 19.0 Å². The molecule has 0 saturated carbocycles. The van der Waals surface area contributed by atoms with E-state index >= 15 is 0 Å². The number of ketones is 1. The van der Waals surface area contributed by atoms with Gasteiger partial charge in [0.05, 0.1) is 4.90 Å². The number of rotatable bonds is 5. The van der Waals surface area contributed by atoms with Crippen molar-refractivity contribution in [2.24, 2.45) is 0 Å². The molecule has 0 N–H and O–H groups in total. The third-order valence-electron chi connectivity index (χ3n) is 3.81. The first-order chi connectivity index (χ1) is 10.8. The first kappa shape index (κ1) is 18.4.